The number of ether oxygens (including phenoxy) is 2. The fraction of sp³-hybridized carbons (Fsp3) is 0.680. The summed E-state index contributed by atoms with van der Waals surface area (Å²) in [6.45, 7) is 7.82. The van der Waals surface area contributed by atoms with E-state index in [2.05, 4.69) is 16.9 Å². The van der Waals surface area contributed by atoms with Crippen LogP contribution in [0.15, 0.2) is 6.33 Å². The molecule has 2 aromatic heterocycles. The molecule has 0 spiro atoms. The van der Waals surface area contributed by atoms with Crippen LogP contribution >= 0.6 is 11.3 Å². The normalized spacial score (nSPS) is 25.0. The smallest absolute Gasteiger partial charge is 0.410 e. The number of aldehydes is 1. The van der Waals surface area contributed by atoms with Crippen molar-refractivity contribution in [3.8, 4) is 5.88 Å². The quantitative estimate of drug-likeness (QED) is 0.505. The van der Waals surface area contributed by atoms with Crippen LogP contribution in [-0.2, 0) is 16.0 Å². The number of hydrogen-bond acceptors (Lipinski definition) is 7. The van der Waals surface area contributed by atoms with E-state index >= 15 is 0 Å². The third kappa shape index (κ3) is 4.72. The molecule has 8 heteroatoms. The molecule has 2 heterocycles. The van der Waals surface area contributed by atoms with Gasteiger partial charge in [-0.05, 0) is 77.2 Å². The van der Waals surface area contributed by atoms with Gasteiger partial charge in [0.05, 0.1) is 5.39 Å². The van der Waals surface area contributed by atoms with E-state index in [4.69, 9.17) is 9.47 Å². The highest BCUT2D eigenvalue weighted by molar-refractivity contribution is 7.19. The number of aromatic nitrogens is 2. The Morgan fingerprint density at radius 1 is 1.27 bits per heavy atom. The molecule has 33 heavy (non-hydrogen) atoms. The number of fused-ring (bicyclic) bond motifs is 3. The van der Waals surface area contributed by atoms with E-state index in [0.29, 0.717) is 12.3 Å². The molecule has 4 rings (SSSR count). The Balaban J connectivity index is 1.49. The van der Waals surface area contributed by atoms with Crippen LogP contribution in [0, 0.1) is 0 Å². The second kappa shape index (κ2) is 9.20. The lowest BCUT2D eigenvalue weighted by molar-refractivity contribution is -0.108. The van der Waals surface area contributed by atoms with Crippen molar-refractivity contribution in [2.75, 3.05) is 7.05 Å². The van der Waals surface area contributed by atoms with Crippen LogP contribution in [0.25, 0.3) is 10.2 Å². The van der Waals surface area contributed by atoms with E-state index in [9.17, 15) is 9.59 Å². The van der Waals surface area contributed by atoms with Gasteiger partial charge in [-0.3, -0.25) is 0 Å². The van der Waals surface area contributed by atoms with Gasteiger partial charge in [-0.15, -0.1) is 11.3 Å². The van der Waals surface area contributed by atoms with Crippen LogP contribution in [0.3, 0.4) is 0 Å². The third-order valence-corrected chi connectivity index (χ3v) is 8.43. The van der Waals surface area contributed by atoms with Crippen molar-refractivity contribution < 1.29 is 19.1 Å². The number of carbonyl (C=O) groups is 2. The average Bonchev–Trinajstić information content (AvgIpc) is 3.33. The van der Waals surface area contributed by atoms with Crippen LogP contribution < -0.4 is 4.74 Å². The molecule has 2 aliphatic rings. The highest BCUT2D eigenvalue weighted by Gasteiger charge is 2.42. The molecule has 1 amide bonds. The van der Waals surface area contributed by atoms with Gasteiger partial charge in [-0.25, -0.2) is 14.8 Å². The van der Waals surface area contributed by atoms with Crippen molar-refractivity contribution in [1.29, 1.82) is 0 Å². The maximum atomic E-state index is 12.7. The van der Waals surface area contributed by atoms with E-state index in [0.717, 1.165) is 61.4 Å². The zero-order chi connectivity index (χ0) is 23.8. The summed E-state index contributed by atoms with van der Waals surface area (Å²) in [7, 11) is 1.86. The first-order valence-corrected chi connectivity index (χ1v) is 12.8. The average molecular weight is 474 g/mol. The van der Waals surface area contributed by atoms with Gasteiger partial charge in [-0.2, -0.15) is 0 Å². The molecular formula is C25H35N3O4S. The number of hydrogen-bond donors (Lipinski definition) is 0. The van der Waals surface area contributed by atoms with Crippen LogP contribution in [0.1, 0.15) is 89.0 Å². The summed E-state index contributed by atoms with van der Waals surface area (Å²) >= 11 is 1.70. The summed E-state index contributed by atoms with van der Waals surface area (Å²) in [6, 6.07) is 0. The number of amides is 1. The van der Waals surface area contributed by atoms with Crippen molar-refractivity contribution >= 4 is 33.9 Å². The van der Waals surface area contributed by atoms with Gasteiger partial charge in [0, 0.05) is 23.9 Å². The molecule has 0 aromatic carbocycles. The van der Waals surface area contributed by atoms with Crippen molar-refractivity contribution in [2.45, 2.75) is 102 Å². The SMILES string of the molecule is CCC1(N(C)C(=O)OC(C)(C)C)CCC(Oc2ncnc3sc4c(c23)C(CC=O)CC4)CC1. The highest BCUT2D eigenvalue weighted by Crippen LogP contribution is 2.47. The number of carbonyl (C=O) groups excluding carboxylic acids is 2. The topological polar surface area (TPSA) is 81.6 Å². The second-order valence-electron chi connectivity index (χ2n) is 10.4. The van der Waals surface area contributed by atoms with E-state index < -0.39 is 5.60 Å². The van der Waals surface area contributed by atoms with Gasteiger partial charge in [-0.1, -0.05) is 6.92 Å². The molecule has 2 aromatic rings. The molecule has 2 aliphatic carbocycles. The van der Waals surface area contributed by atoms with Gasteiger partial charge in [0.2, 0.25) is 5.88 Å². The predicted molar refractivity (Wildman–Crippen MR) is 129 cm³/mol. The molecule has 180 valence electrons. The summed E-state index contributed by atoms with van der Waals surface area (Å²) in [4.78, 5) is 37.0. The summed E-state index contributed by atoms with van der Waals surface area (Å²) in [5.41, 5.74) is 0.490. The minimum Gasteiger partial charge on any atom is -0.474 e. The molecule has 0 bridgehead atoms. The predicted octanol–water partition coefficient (Wildman–Crippen LogP) is 5.65. The molecule has 0 aliphatic heterocycles. The first kappa shape index (κ1) is 23.9. The molecule has 0 radical (unpaired) electrons. The molecular weight excluding hydrogens is 438 g/mol. The fourth-order valence-corrected chi connectivity index (χ4v) is 6.57. The lowest BCUT2D eigenvalue weighted by Crippen LogP contribution is -2.53. The Labute approximate surface area is 199 Å². The van der Waals surface area contributed by atoms with Crippen molar-refractivity contribution in [2.24, 2.45) is 0 Å². The minimum atomic E-state index is -0.512. The molecule has 1 fully saturated rings. The summed E-state index contributed by atoms with van der Waals surface area (Å²) < 4.78 is 12.1. The zero-order valence-electron chi connectivity index (χ0n) is 20.3. The van der Waals surface area contributed by atoms with Crippen molar-refractivity contribution in [1.82, 2.24) is 14.9 Å². The maximum absolute atomic E-state index is 12.7. The number of aryl methyl sites for hydroxylation is 1. The Hall–Kier alpha value is -2.22. The highest BCUT2D eigenvalue weighted by atomic mass is 32.1. The first-order chi connectivity index (χ1) is 15.7. The number of rotatable bonds is 6. The lowest BCUT2D eigenvalue weighted by atomic mass is 9.77. The lowest BCUT2D eigenvalue weighted by Gasteiger charge is -2.45. The van der Waals surface area contributed by atoms with Crippen LogP contribution in [-0.4, -0.2) is 51.5 Å². The Morgan fingerprint density at radius 2 is 2.00 bits per heavy atom. The molecule has 1 atom stereocenters. The molecule has 0 saturated heterocycles. The van der Waals surface area contributed by atoms with Gasteiger partial charge in [0.15, 0.2) is 0 Å². The number of nitrogens with zero attached hydrogens (tertiary/aromatic N) is 3. The van der Waals surface area contributed by atoms with E-state index in [1.807, 2.05) is 27.8 Å². The second-order valence-corrected chi connectivity index (χ2v) is 11.5. The molecule has 1 saturated carbocycles. The van der Waals surface area contributed by atoms with E-state index in [1.54, 1.807) is 22.6 Å². The van der Waals surface area contributed by atoms with Gasteiger partial charge >= 0.3 is 6.09 Å². The Morgan fingerprint density at radius 3 is 2.64 bits per heavy atom. The van der Waals surface area contributed by atoms with Crippen LogP contribution in [0.5, 0.6) is 5.88 Å². The first-order valence-electron chi connectivity index (χ1n) is 12.0. The van der Waals surface area contributed by atoms with Crippen molar-refractivity contribution in [3.63, 3.8) is 0 Å². The summed E-state index contributed by atoms with van der Waals surface area (Å²) in [5.74, 6) is 0.881. The van der Waals surface area contributed by atoms with Gasteiger partial charge in [0.1, 0.15) is 29.1 Å². The zero-order valence-corrected chi connectivity index (χ0v) is 21.2. The van der Waals surface area contributed by atoms with Crippen molar-refractivity contribution in [3.05, 3.63) is 16.8 Å². The third-order valence-electron chi connectivity index (χ3n) is 7.25. The van der Waals surface area contributed by atoms with E-state index in [1.165, 1.54) is 10.4 Å². The molecule has 1 unspecified atom stereocenters. The summed E-state index contributed by atoms with van der Waals surface area (Å²) in [6.07, 6.45) is 9.16. The number of thiophene rings is 1. The standard InChI is InChI=1S/C25H35N3O4S/c1-6-25(28(5)23(30)32-24(2,3)4)12-9-17(10-13-25)31-21-20-19-16(11-14-29)7-8-18(19)33-22(20)27-15-26-21/h14-17H,6-13H2,1-5H3. The van der Waals surface area contributed by atoms with Gasteiger partial charge < -0.3 is 19.2 Å². The van der Waals surface area contributed by atoms with Crippen LogP contribution in [0.2, 0.25) is 0 Å². The van der Waals surface area contributed by atoms with Gasteiger partial charge in [0.25, 0.3) is 0 Å². The fourth-order valence-electron chi connectivity index (χ4n) is 5.34. The monoisotopic (exact) mass is 473 g/mol. The minimum absolute atomic E-state index is 0.0382. The largest absolute Gasteiger partial charge is 0.474 e. The van der Waals surface area contributed by atoms with Crippen LogP contribution in [0.4, 0.5) is 4.79 Å². The Bertz CT molecular complexity index is 1020. The maximum Gasteiger partial charge on any atom is 0.410 e. The molecule has 7 nitrogen and oxygen atoms in total. The Kier molecular flexibility index (Phi) is 6.67. The summed E-state index contributed by atoms with van der Waals surface area (Å²) in [5, 5.41) is 1.00. The molecule has 0 N–H and O–H groups in total. The van der Waals surface area contributed by atoms with E-state index in [-0.39, 0.29) is 23.7 Å².